The van der Waals surface area contributed by atoms with E-state index >= 15 is 0 Å². The fourth-order valence-electron chi connectivity index (χ4n) is 1.33. The standard InChI is InChI=1S/C10H9NO4/c1-5-4-8(10(13)14)6(2)3-7(5)9(12)11-15/h3-4H,1-2H3,(H,13,14). The summed E-state index contributed by atoms with van der Waals surface area (Å²) in [6.07, 6.45) is 0. The molecule has 0 unspecified atom stereocenters. The maximum atomic E-state index is 11.0. The minimum absolute atomic E-state index is 0.120. The number of carboxylic acid groups (broad SMARTS) is 1. The van der Waals surface area contributed by atoms with E-state index in [1.54, 1.807) is 13.8 Å². The summed E-state index contributed by atoms with van der Waals surface area (Å²) in [7, 11) is 0. The molecule has 15 heavy (non-hydrogen) atoms. The predicted octanol–water partition coefficient (Wildman–Crippen LogP) is 1.91. The molecule has 0 fully saturated rings. The molecule has 1 rings (SSSR count). The molecule has 78 valence electrons. The largest absolute Gasteiger partial charge is 0.478 e. The zero-order valence-electron chi connectivity index (χ0n) is 8.27. The van der Waals surface area contributed by atoms with E-state index in [-0.39, 0.29) is 11.1 Å². The molecule has 1 aromatic carbocycles. The topological polar surface area (TPSA) is 83.8 Å². The van der Waals surface area contributed by atoms with Crippen LogP contribution in [0.25, 0.3) is 0 Å². The number of carbonyl (C=O) groups excluding carboxylic acids is 1. The molecule has 0 aliphatic rings. The van der Waals surface area contributed by atoms with Gasteiger partial charge in [-0.05, 0) is 37.1 Å². The first-order chi connectivity index (χ1) is 6.97. The summed E-state index contributed by atoms with van der Waals surface area (Å²) in [5.41, 5.74) is 1.13. The number of aryl methyl sites for hydroxylation is 2. The van der Waals surface area contributed by atoms with Crippen molar-refractivity contribution in [2.45, 2.75) is 13.8 Å². The third-order valence-electron chi connectivity index (χ3n) is 2.12. The Hall–Kier alpha value is -2.04. The van der Waals surface area contributed by atoms with Crippen molar-refractivity contribution in [3.05, 3.63) is 39.3 Å². The first-order valence-corrected chi connectivity index (χ1v) is 4.19. The Bertz CT molecular complexity index is 451. The summed E-state index contributed by atoms with van der Waals surface area (Å²) in [4.78, 5) is 31.9. The molecule has 0 bridgehead atoms. The van der Waals surface area contributed by atoms with Crippen LogP contribution in [0.1, 0.15) is 31.8 Å². The van der Waals surface area contributed by atoms with Crippen LogP contribution in [0.4, 0.5) is 0 Å². The van der Waals surface area contributed by atoms with Crippen LogP contribution in [0.2, 0.25) is 0 Å². The van der Waals surface area contributed by atoms with Crippen molar-refractivity contribution in [3.8, 4) is 0 Å². The number of aromatic carboxylic acids is 1. The van der Waals surface area contributed by atoms with Gasteiger partial charge in [0.25, 0.3) is 0 Å². The van der Waals surface area contributed by atoms with Crippen molar-refractivity contribution in [3.63, 3.8) is 0 Å². The minimum atomic E-state index is -1.06. The molecule has 0 spiro atoms. The lowest BCUT2D eigenvalue weighted by molar-refractivity contribution is 0.0695. The Labute approximate surface area is 85.7 Å². The first kappa shape index (κ1) is 11.0. The number of nitroso groups, excluding NO2 is 1. The predicted molar refractivity (Wildman–Crippen MR) is 53.0 cm³/mol. The van der Waals surface area contributed by atoms with Gasteiger partial charge < -0.3 is 5.11 Å². The van der Waals surface area contributed by atoms with Gasteiger partial charge in [-0.1, -0.05) is 0 Å². The quantitative estimate of drug-likeness (QED) is 0.750. The Morgan fingerprint density at radius 3 is 2.07 bits per heavy atom. The fourth-order valence-corrected chi connectivity index (χ4v) is 1.33. The first-order valence-electron chi connectivity index (χ1n) is 4.19. The molecular formula is C10H9NO4. The van der Waals surface area contributed by atoms with Gasteiger partial charge in [0, 0.05) is 10.7 Å². The maximum absolute atomic E-state index is 11.0. The molecule has 1 N–H and O–H groups in total. The van der Waals surface area contributed by atoms with E-state index in [4.69, 9.17) is 5.11 Å². The third kappa shape index (κ3) is 2.07. The summed E-state index contributed by atoms with van der Waals surface area (Å²) >= 11 is 0. The van der Waals surface area contributed by atoms with Gasteiger partial charge in [0.1, 0.15) is 0 Å². The van der Waals surface area contributed by atoms with Crippen molar-refractivity contribution >= 4 is 11.9 Å². The highest BCUT2D eigenvalue weighted by molar-refractivity contribution is 5.98. The van der Waals surface area contributed by atoms with E-state index in [0.29, 0.717) is 11.1 Å². The molecule has 0 heterocycles. The van der Waals surface area contributed by atoms with Gasteiger partial charge >= 0.3 is 11.9 Å². The Morgan fingerprint density at radius 2 is 1.60 bits per heavy atom. The number of hydrogen-bond acceptors (Lipinski definition) is 3. The van der Waals surface area contributed by atoms with Crippen LogP contribution < -0.4 is 0 Å². The van der Waals surface area contributed by atoms with Crippen LogP contribution in [0.3, 0.4) is 0 Å². The van der Waals surface area contributed by atoms with E-state index < -0.39 is 11.9 Å². The van der Waals surface area contributed by atoms with E-state index in [1.165, 1.54) is 12.1 Å². The van der Waals surface area contributed by atoms with Crippen LogP contribution in [0, 0.1) is 18.8 Å². The molecule has 5 nitrogen and oxygen atoms in total. The average molecular weight is 207 g/mol. The average Bonchev–Trinajstić information content (AvgIpc) is 2.19. The van der Waals surface area contributed by atoms with E-state index in [1.807, 2.05) is 0 Å². The van der Waals surface area contributed by atoms with Crippen molar-refractivity contribution < 1.29 is 14.7 Å². The van der Waals surface area contributed by atoms with Crippen molar-refractivity contribution in [2.24, 2.45) is 5.18 Å². The second kappa shape index (κ2) is 4.00. The van der Waals surface area contributed by atoms with E-state index in [9.17, 15) is 14.5 Å². The van der Waals surface area contributed by atoms with Gasteiger partial charge in [-0.15, -0.1) is 4.91 Å². The molecule has 0 saturated heterocycles. The molecular weight excluding hydrogens is 198 g/mol. The lowest BCUT2D eigenvalue weighted by Crippen LogP contribution is -2.05. The second-order valence-electron chi connectivity index (χ2n) is 3.18. The van der Waals surface area contributed by atoms with Gasteiger partial charge in [-0.2, -0.15) is 0 Å². The molecule has 0 aliphatic heterocycles. The minimum Gasteiger partial charge on any atom is -0.478 e. The summed E-state index contributed by atoms with van der Waals surface area (Å²) in [5, 5.41) is 11.1. The highest BCUT2D eigenvalue weighted by Crippen LogP contribution is 2.17. The summed E-state index contributed by atoms with van der Waals surface area (Å²) in [6.45, 7) is 3.12. The number of benzene rings is 1. The monoisotopic (exact) mass is 207 g/mol. The Morgan fingerprint density at radius 1 is 1.13 bits per heavy atom. The Balaban J connectivity index is 3.37. The van der Waals surface area contributed by atoms with E-state index in [0.717, 1.165) is 0 Å². The van der Waals surface area contributed by atoms with Crippen LogP contribution in [0.5, 0.6) is 0 Å². The summed E-state index contributed by atoms with van der Waals surface area (Å²) in [6, 6.07) is 2.72. The van der Waals surface area contributed by atoms with Gasteiger partial charge in [-0.3, -0.25) is 4.79 Å². The Kier molecular flexibility index (Phi) is 2.94. The van der Waals surface area contributed by atoms with Gasteiger partial charge in [-0.25, -0.2) is 4.79 Å². The molecule has 0 atom stereocenters. The van der Waals surface area contributed by atoms with Crippen LogP contribution in [-0.4, -0.2) is 17.0 Å². The number of amides is 1. The van der Waals surface area contributed by atoms with Crippen molar-refractivity contribution in [2.75, 3.05) is 0 Å². The highest BCUT2D eigenvalue weighted by atomic mass is 16.4. The number of carboxylic acids is 1. The van der Waals surface area contributed by atoms with Crippen LogP contribution >= 0.6 is 0 Å². The van der Waals surface area contributed by atoms with Gasteiger partial charge in [0.05, 0.1) is 5.56 Å². The zero-order valence-corrected chi connectivity index (χ0v) is 8.27. The summed E-state index contributed by atoms with van der Waals surface area (Å²) in [5.74, 6) is -1.94. The molecule has 0 radical (unpaired) electrons. The number of nitrogens with zero attached hydrogens (tertiary/aromatic N) is 1. The van der Waals surface area contributed by atoms with Crippen molar-refractivity contribution in [1.29, 1.82) is 0 Å². The number of carbonyl (C=O) groups is 2. The maximum Gasteiger partial charge on any atom is 0.335 e. The second-order valence-corrected chi connectivity index (χ2v) is 3.18. The zero-order chi connectivity index (χ0) is 11.6. The normalized spacial score (nSPS) is 9.73. The molecule has 0 aromatic heterocycles. The third-order valence-corrected chi connectivity index (χ3v) is 2.12. The molecule has 0 aliphatic carbocycles. The van der Waals surface area contributed by atoms with E-state index in [2.05, 4.69) is 5.18 Å². The number of rotatable bonds is 2. The van der Waals surface area contributed by atoms with Gasteiger partial charge in [0.2, 0.25) is 0 Å². The SMILES string of the molecule is Cc1cc(C(=O)N=O)c(C)cc1C(=O)O. The lowest BCUT2D eigenvalue weighted by Gasteiger charge is -2.05. The highest BCUT2D eigenvalue weighted by Gasteiger charge is 2.14. The van der Waals surface area contributed by atoms with Crippen LogP contribution in [0.15, 0.2) is 17.3 Å². The molecule has 5 heteroatoms. The molecule has 1 aromatic rings. The number of hydrogen-bond donors (Lipinski definition) is 1. The van der Waals surface area contributed by atoms with Crippen molar-refractivity contribution in [1.82, 2.24) is 0 Å². The van der Waals surface area contributed by atoms with Crippen LogP contribution in [-0.2, 0) is 0 Å². The summed E-state index contributed by atoms with van der Waals surface area (Å²) < 4.78 is 0. The molecule has 1 amide bonds. The van der Waals surface area contributed by atoms with Gasteiger partial charge in [0.15, 0.2) is 0 Å². The fraction of sp³-hybridized carbons (Fsp3) is 0.200. The lowest BCUT2D eigenvalue weighted by atomic mass is 10.00. The molecule has 0 saturated carbocycles. The smallest absolute Gasteiger partial charge is 0.335 e.